The van der Waals surface area contributed by atoms with Gasteiger partial charge in [-0.2, -0.15) is 0 Å². The Bertz CT molecular complexity index is 377. The minimum atomic E-state index is -1.14. The Morgan fingerprint density at radius 1 is 1.30 bits per heavy atom. The van der Waals surface area contributed by atoms with Gasteiger partial charge in [-0.3, -0.25) is 9.59 Å². The lowest BCUT2D eigenvalue weighted by Crippen LogP contribution is -2.59. The standard InChI is InChI=1S/C13H22N2O5/c1-13(7-2-3-8-14-13)12(20)15-9(11(18)19)5-4-6-10(16)17/h9,14H,2-8H2,1H3,(H,15,20)(H,16,17)(H,18,19)/t9-,13?/m1/s1. The van der Waals surface area contributed by atoms with Crippen LogP contribution in [0.3, 0.4) is 0 Å². The van der Waals surface area contributed by atoms with Gasteiger partial charge in [0.2, 0.25) is 5.91 Å². The van der Waals surface area contributed by atoms with E-state index in [2.05, 4.69) is 10.6 Å². The molecule has 1 heterocycles. The van der Waals surface area contributed by atoms with E-state index in [0.29, 0.717) is 6.42 Å². The smallest absolute Gasteiger partial charge is 0.326 e. The lowest BCUT2D eigenvalue weighted by molar-refractivity contribution is -0.143. The number of amides is 1. The van der Waals surface area contributed by atoms with E-state index in [0.717, 1.165) is 19.4 Å². The number of piperidine rings is 1. The Morgan fingerprint density at radius 3 is 2.50 bits per heavy atom. The zero-order valence-electron chi connectivity index (χ0n) is 11.6. The monoisotopic (exact) mass is 286 g/mol. The summed E-state index contributed by atoms with van der Waals surface area (Å²) in [6.45, 7) is 2.50. The van der Waals surface area contributed by atoms with Crippen molar-refractivity contribution < 1.29 is 24.6 Å². The summed E-state index contributed by atoms with van der Waals surface area (Å²) < 4.78 is 0. The lowest BCUT2D eigenvalue weighted by atomic mass is 9.89. The van der Waals surface area contributed by atoms with Crippen LogP contribution >= 0.6 is 0 Å². The highest BCUT2D eigenvalue weighted by molar-refractivity contribution is 5.89. The van der Waals surface area contributed by atoms with Crippen molar-refractivity contribution in [2.45, 2.75) is 57.0 Å². The first-order valence-corrected chi connectivity index (χ1v) is 6.86. The van der Waals surface area contributed by atoms with Crippen molar-refractivity contribution in [3.05, 3.63) is 0 Å². The number of carbonyl (C=O) groups excluding carboxylic acids is 1. The second-order valence-electron chi connectivity index (χ2n) is 5.37. The van der Waals surface area contributed by atoms with Crippen LogP contribution in [0.1, 0.15) is 45.4 Å². The number of carboxylic acids is 2. The first kappa shape index (κ1) is 16.4. The fourth-order valence-corrected chi connectivity index (χ4v) is 2.28. The van der Waals surface area contributed by atoms with Gasteiger partial charge in [0, 0.05) is 6.42 Å². The number of carboxylic acid groups (broad SMARTS) is 2. The van der Waals surface area contributed by atoms with Crippen molar-refractivity contribution in [2.75, 3.05) is 6.54 Å². The molecule has 7 nitrogen and oxygen atoms in total. The molecule has 1 unspecified atom stereocenters. The largest absolute Gasteiger partial charge is 0.481 e. The van der Waals surface area contributed by atoms with Crippen LogP contribution in [-0.2, 0) is 14.4 Å². The summed E-state index contributed by atoms with van der Waals surface area (Å²) in [4.78, 5) is 33.7. The average Bonchev–Trinajstić information content (AvgIpc) is 2.37. The van der Waals surface area contributed by atoms with E-state index in [-0.39, 0.29) is 25.2 Å². The molecular weight excluding hydrogens is 264 g/mol. The van der Waals surface area contributed by atoms with Gasteiger partial charge in [-0.05, 0) is 45.6 Å². The topological polar surface area (TPSA) is 116 Å². The van der Waals surface area contributed by atoms with E-state index in [9.17, 15) is 14.4 Å². The molecule has 0 aromatic carbocycles. The molecular formula is C13H22N2O5. The molecule has 0 saturated carbocycles. The predicted octanol–water partition coefficient (Wildman–Crippen LogP) is 0.343. The van der Waals surface area contributed by atoms with E-state index in [1.165, 1.54) is 0 Å². The van der Waals surface area contributed by atoms with Gasteiger partial charge in [-0.15, -0.1) is 0 Å². The molecule has 1 saturated heterocycles. The van der Waals surface area contributed by atoms with Crippen molar-refractivity contribution in [3.63, 3.8) is 0 Å². The predicted molar refractivity (Wildman–Crippen MR) is 71.3 cm³/mol. The highest BCUT2D eigenvalue weighted by Gasteiger charge is 2.36. The maximum Gasteiger partial charge on any atom is 0.326 e. The van der Waals surface area contributed by atoms with Crippen molar-refractivity contribution >= 4 is 17.8 Å². The Balaban J connectivity index is 2.53. The fraction of sp³-hybridized carbons (Fsp3) is 0.769. The van der Waals surface area contributed by atoms with Gasteiger partial charge < -0.3 is 20.8 Å². The Hall–Kier alpha value is -1.63. The third-order valence-corrected chi connectivity index (χ3v) is 3.61. The van der Waals surface area contributed by atoms with E-state index in [4.69, 9.17) is 10.2 Å². The van der Waals surface area contributed by atoms with Crippen molar-refractivity contribution in [2.24, 2.45) is 0 Å². The third kappa shape index (κ3) is 4.80. The quantitative estimate of drug-likeness (QED) is 0.536. The van der Waals surface area contributed by atoms with Gasteiger partial charge in [0.1, 0.15) is 6.04 Å². The van der Waals surface area contributed by atoms with Crippen LogP contribution in [0.25, 0.3) is 0 Å². The molecule has 0 spiro atoms. The molecule has 7 heteroatoms. The summed E-state index contributed by atoms with van der Waals surface area (Å²) in [5.74, 6) is -2.44. The zero-order valence-corrected chi connectivity index (χ0v) is 11.6. The molecule has 0 radical (unpaired) electrons. The molecule has 1 rings (SSSR count). The van der Waals surface area contributed by atoms with Crippen LogP contribution in [0.5, 0.6) is 0 Å². The normalized spacial score (nSPS) is 23.9. The molecule has 0 bridgehead atoms. The van der Waals surface area contributed by atoms with Crippen LogP contribution in [0.2, 0.25) is 0 Å². The second kappa shape index (κ2) is 7.23. The van der Waals surface area contributed by atoms with Crippen LogP contribution in [0.15, 0.2) is 0 Å². The fourth-order valence-electron chi connectivity index (χ4n) is 2.28. The van der Waals surface area contributed by atoms with Crippen LogP contribution in [0.4, 0.5) is 0 Å². The van der Waals surface area contributed by atoms with E-state index < -0.39 is 23.5 Å². The van der Waals surface area contributed by atoms with E-state index >= 15 is 0 Å². The summed E-state index contributed by atoms with van der Waals surface area (Å²) in [7, 11) is 0. The summed E-state index contributed by atoms with van der Waals surface area (Å²) in [5.41, 5.74) is -0.737. The molecule has 4 N–H and O–H groups in total. The number of nitrogens with one attached hydrogen (secondary N) is 2. The molecule has 2 atom stereocenters. The van der Waals surface area contributed by atoms with Crippen molar-refractivity contribution in [3.8, 4) is 0 Å². The number of rotatable bonds is 7. The van der Waals surface area contributed by atoms with Crippen LogP contribution in [0, 0.1) is 0 Å². The first-order chi connectivity index (χ1) is 9.35. The summed E-state index contributed by atoms with van der Waals surface area (Å²) in [5, 5.41) is 23.3. The molecule has 1 fully saturated rings. The minimum absolute atomic E-state index is 0.102. The molecule has 0 aliphatic carbocycles. The summed E-state index contributed by atoms with van der Waals surface area (Å²) in [6.07, 6.45) is 2.83. The summed E-state index contributed by atoms with van der Waals surface area (Å²) in [6, 6.07) is -1.04. The second-order valence-corrected chi connectivity index (χ2v) is 5.37. The molecule has 20 heavy (non-hydrogen) atoms. The van der Waals surface area contributed by atoms with Gasteiger partial charge >= 0.3 is 11.9 Å². The van der Waals surface area contributed by atoms with E-state index in [1.807, 2.05) is 0 Å². The Labute approximate surface area is 117 Å². The molecule has 1 aliphatic rings. The Kier molecular flexibility index (Phi) is 5.94. The highest BCUT2D eigenvalue weighted by Crippen LogP contribution is 2.19. The Morgan fingerprint density at radius 2 is 2.00 bits per heavy atom. The highest BCUT2D eigenvalue weighted by atomic mass is 16.4. The molecule has 114 valence electrons. The molecule has 0 aromatic rings. The maximum absolute atomic E-state index is 12.2. The van der Waals surface area contributed by atoms with Crippen LogP contribution < -0.4 is 10.6 Å². The van der Waals surface area contributed by atoms with Crippen LogP contribution in [-0.4, -0.2) is 46.2 Å². The SMILES string of the molecule is CC1(C(=O)N[C@H](CCCC(=O)O)C(=O)O)CCCCN1. The first-order valence-electron chi connectivity index (χ1n) is 6.86. The van der Waals surface area contributed by atoms with E-state index in [1.54, 1.807) is 6.92 Å². The molecule has 1 amide bonds. The van der Waals surface area contributed by atoms with Gasteiger partial charge in [-0.1, -0.05) is 0 Å². The average molecular weight is 286 g/mol. The summed E-state index contributed by atoms with van der Waals surface area (Å²) >= 11 is 0. The number of aliphatic carboxylic acids is 2. The van der Waals surface area contributed by atoms with Crippen molar-refractivity contribution in [1.82, 2.24) is 10.6 Å². The minimum Gasteiger partial charge on any atom is -0.481 e. The van der Waals surface area contributed by atoms with Gasteiger partial charge in [0.15, 0.2) is 0 Å². The molecule has 1 aliphatic heterocycles. The number of hydrogen-bond acceptors (Lipinski definition) is 4. The number of hydrogen-bond donors (Lipinski definition) is 4. The maximum atomic E-state index is 12.2. The van der Waals surface area contributed by atoms with Gasteiger partial charge in [-0.25, -0.2) is 4.79 Å². The third-order valence-electron chi connectivity index (χ3n) is 3.61. The molecule has 0 aromatic heterocycles. The number of carbonyl (C=O) groups is 3. The van der Waals surface area contributed by atoms with Gasteiger partial charge in [0.05, 0.1) is 5.54 Å². The van der Waals surface area contributed by atoms with Crippen molar-refractivity contribution in [1.29, 1.82) is 0 Å². The zero-order chi connectivity index (χ0) is 15.2. The van der Waals surface area contributed by atoms with Gasteiger partial charge in [0.25, 0.3) is 0 Å². The lowest BCUT2D eigenvalue weighted by Gasteiger charge is -2.34.